The van der Waals surface area contributed by atoms with Gasteiger partial charge in [0.25, 0.3) is 0 Å². The molecule has 1 heterocycles. The summed E-state index contributed by atoms with van der Waals surface area (Å²) in [6.07, 6.45) is 1.35. The van der Waals surface area contributed by atoms with Crippen LogP contribution in [0.2, 0.25) is 5.02 Å². The SMILES string of the molecule is CC(c1ccccc1Cl)N(C)CC(O)CC1(C#N)CCOCC1. The van der Waals surface area contributed by atoms with Gasteiger partial charge in [-0.15, -0.1) is 0 Å². The Morgan fingerprint density at radius 1 is 1.39 bits per heavy atom. The lowest BCUT2D eigenvalue weighted by Crippen LogP contribution is -2.37. The minimum Gasteiger partial charge on any atom is -0.392 e. The Balaban J connectivity index is 1.95. The van der Waals surface area contributed by atoms with Crippen LogP contribution < -0.4 is 0 Å². The summed E-state index contributed by atoms with van der Waals surface area (Å²) < 4.78 is 5.34. The molecule has 5 heteroatoms. The maximum atomic E-state index is 10.5. The number of ether oxygens (including phenoxy) is 1. The largest absolute Gasteiger partial charge is 0.392 e. The summed E-state index contributed by atoms with van der Waals surface area (Å²) in [5.41, 5.74) is 0.594. The highest BCUT2D eigenvalue weighted by molar-refractivity contribution is 6.31. The summed E-state index contributed by atoms with van der Waals surface area (Å²) in [5, 5.41) is 20.7. The first-order chi connectivity index (χ1) is 11.0. The predicted octanol–water partition coefficient (Wildman–Crippen LogP) is 3.40. The summed E-state index contributed by atoms with van der Waals surface area (Å²) in [5.74, 6) is 0. The van der Waals surface area contributed by atoms with E-state index in [2.05, 4.69) is 17.9 Å². The van der Waals surface area contributed by atoms with E-state index in [-0.39, 0.29) is 6.04 Å². The molecular formula is C18H25ClN2O2. The third-order valence-corrected chi connectivity index (χ3v) is 5.17. The highest BCUT2D eigenvalue weighted by Gasteiger charge is 2.35. The van der Waals surface area contributed by atoms with Gasteiger partial charge in [0.2, 0.25) is 0 Å². The van der Waals surface area contributed by atoms with Crippen LogP contribution in [0.5, 0.6) is 0 Å². The molecule has 0 aliphatic carbocycles. The van der Waals surface area contributed by atoms with E-state index in [4.69, 9.17) is 16.3 Å². The van der Waals surface area contributed by atoms with Crippen LogP contribution in [-0.2, 0) is 4.74 Å². The molecule has 1 aromatic rings. The fourth-order valence-electron chi connectivity index (χ4n) is 3.18. The second-order valence-corrected chi connectivity index (χ2v) is 6.91. The molecule has 0 spiro atoms. The summed E-state index contributed by atoms with van der Waals surface area (Å²) in [6, 6.07) is 10.3. The smallest absolute Gasteiger partial charge is 0.0692 e. The fourth-order valence-corrected chi connectivity index (χ4v) is 3.47. The Morgan fingerprint density at radius 2 is 2.04 bits per heavy atom. The summed E-state index contributed by atoms with van der Waals surface area (Å²) >= 11 is 6.25. The van der Waals surface area contributed by atoms with Crippen molar-refractivity contribution >= 4 is 11.6 Å². The van der Waals surface area contributed by atoms with Crippen LogP contribution in [0.3, 0.4) is 0 Å². The Kier molecular flexibility index (Phi) is 6.43. The second kappa shape index (κ2) is 8.12. The Hall–Kier alpha value is -1.12. The average Bonchev–Trinajstić information content (AvgIpc) is 2.55. The van der Waals surface area contributed by atoms with Gasteiger partial charge in [0, 0.05) is 30.8 Å². The zero-order valence-electron chi connectivity index (χ0n) is 13.8. The first-order valence-electron chi connectivity index (χ1n) is 8.09. The van der Waals surface area contributed by atoms with E-state index in [1.54, 1.807) is 0 Å². The lowest BCUT2D eigenvalue weighted by atomic mass is 9.77. The van der Waals surface area contributed by atoms with Crippen LogP contribution in [0.25, 0.3) is 0 Å². The van der Waals surface area contributed by atoms with E-state index in [1.807, 2.05) is 31.3 Å². The van der Waals surface area contributed by atoms with Crippen molar-refractivity contribution in [2.75, 3.05) is 26.8 Å². The Morgan fingerprint density at radius 3 is 2.65 bits per heavy atom. The van der Waals surface area contributed by atoms with Crippen molar-refractivity contribution in [3.63, 3.8) is 0 Å². The molecule has 0 amide bonds. The molecule has 4 nitrogen and oxygen atoms in total. The molecule has 2 atom stereocenters. The second-order valence-electron chi connectivity index (χ2n) is 6.50. The first-order valence-corrected chi connectivity index (χ1v) is 8.47. The van der Waals surface area contributed by atoms with E-state index < -0.39 is 11.5 Å². The average molecular weight is 337 g/mol. The molecule has 0 saturated carbocycles. The van der Waals surface area contributed by atoms with Crippen molar-refractivity contribution in [2.24, 2.45) is 5.41 Å². The van der Waals surface area contributed by atoms with Crippen LogP contribution in [0, 0.1) is 16.7 Å². The molecule has 1 N–H and O–H groups in total. The maximum Gasteiger partial charge on any atom is 0.0692 e. The number of likely N-dealkylation sites (N-methyl/N-ethyl adjacent to an activating group) is 1. The van der Waals surface area contributed by atoms with E-state index in [9.17, 15) is 10.4 Å². The molecule has 0 bridgehead atoms. The molecule has 2 rings (SSSR count). The third kappa shape index (κ3) is 4.68. The predicted molar refractivity (Wildman–Crippen MR) is 91.2 cm³/mol. The molecular weight excluding hydrogens is 312 g/mol. The van der Waals surface area contributed by atoms with Crippen molar-refractivity contribution in [1.82, 2.24) is 4.90 Å². The lowest BCUT2D eigenvalue weighted by Gasteiger charge is -2.34. The number of rotatable bonds is 6. The highest BCUT2D eigenvalue weighted by Crippen LogP contribution is 2.35. The topological polar surface area (TPSA) is 56.5 Å². The quantitative estimate of drug-likeness (QED) is 0.865. The summed E-state index contributed by atoms with van der Waals surface area (Å²) in [6.45, 7) is 3.79. The number of hydrogen-bond donors (Lipinski definition) is 1. The maximum absolute atomic E-state index is 10.5. The zero-order valence-corrected chi connectivity index (χ0v) is 14.6. The minimum absolute atomic E-state index is 0.103. The van der Waals surface area contributed by atoms with Gasteiger partial charge in [-0.1, -0.05) is 29.8 Å². The standard InChI is InChI=1S/C18H25ClN2O2/c1-14(16-5-3-4-6-17(16)19)21(2)12-15(22)11-18(13-20)7-9-23-10-8-18/h3-6,14-15,22H,7-12H2,1-2H3. The van der Waals surface area contributed by atoms with Gasteiger partial charge in [0.15, 0.2) is 0 Å². The van der Waals surface area contributed by atoms with E-state index >= 15 is 0 Å². The number of hydrogen-bond acceptors (Lipinski definition) is 4. The number of nitrogens with zero attached hydrogens (tertiary/aromatic N) is 2. The van der Waals surface area contributed by atoms with E-state index in [0.29, 0.717) is 39.0 Å². The molecule has 1 aliphatic heterocycles. The summed E-state index contributed by atoms with van der Waals surface area (Å²) in [4.78, 5) is 2.08. The van der Waals surface area contributed by atoms with Crippen molar-refractivity contribution in [3.8, 4) is 6.07 Å². The summed E-state index contributed by atoms with van der Waals surface area (Å²) in [7, 11) is 1.97. The van der Waals surface area contributed by atoms with Crippen LogP contribution in [-0.4, -0.2) is 42.9 Å². The van der Waals surface area contributed by atoms with Gasteiger partial charge >= 0.3 is 0 Å². The van der Waals surface area contributed by atoms with Crippen LogP contribution >= 0.6 is 11.6 Å². The molecule has 23 heavy (non-hydrogen) atoms. The molecule has 0 aromatic heterocycles. The molecule has 2 unspecified atom stereocenters. The molecule has 1 aliphatic rings. The van der Waals surface area contributed by atoms with Crippen LogP contribution in [0.15, 0.2) is 24.3 Å². The van der Waals surface area contributed by atoms with Gasteiger partial charge in [0.1, 0.15) is 0 Å². The van der Waals surface area contributed by atoms with Crippen molar-refractivity contribution in [1.29, 1.82) is 5.26 Å². The molecule has 126 valence electrons. The monoisotopic (exact) mass is 336 g/mol. The Labute approximate surface area is 143 Å². The number of aliphatic hydroxyl groups excluding tert-OH is 1. The minimum atomic E-state index is -0.539. The van der Waals surface area contributed by atoms with Gasteiger partial charge in [-0.3, -0.25) is 4.90 Å². The first kappa shape index (κ1) is 18.2. The number of nitriles is 1. The fraction of sp³-hybridized carbons (Fsp3) is 0.611. The van der Waals surface area contributed by atoms with Crippen LogP contribution in [0.1, 0.15) is 37.8 Å². The number of halogens is 1. The van der Waals surface area contributed by atoms with Gasteiger partial charge in [-0.2, -0.15) is 5.26 Å². The van der Waals surface area contributed by atoms with Crippen molar-refractivity contribution in [3.05, 3.63) is 34.9 Å². The normalized spacial score (nSPS) is 20.0. The lowest BCUT2D eigenvalue weighted by molar-refractivity contribution is 0.00550. The van der Waals surface area contributed by atoms with E-state index in [1.165, 1.54) is 0 Å². The molecule has 0 radical (unpaired) electrons. The Bertz CT molecular complexity index is 552. The highest BCUT2D eigenvalue weighted by atomic mass is 35.5. The molecule has 1 aromatic carbocycles. The third-order valence-electron chi connectivity index (χ3n) is 4.83. The van der Waals surface area contributed by atoms with Gasteiger partial charge in [0.05, 0.1) is 17.6 Å². The van der Waals surface area contributed by atoms with Crippen LogP contribution in [0.4, 0.5) is 0 Å². The number of aliphatic hydroxyl groups is 1. The van der Waals surface area contributed by atoms with E-state index in [0.717, 1.165) is 10.6 Å². The van der Waals surface area contributed by atoms with Crippen molar-refractivity contribution in [2.45, 2.75) is 38.3 Å². The number of benzene rings is 1. The molecule has 1 fully saturated rings. The van der Waals surface area contributed by atoms with Gasteiger partial charge in [-0.25, -0.2) is 0 Å². The van der Waals surface area contributed by atoms with Gasteiger partial charge in [-0.05, 0) is 44.9 Å². The molecule has 1 saturated heterocycles. The zero-order chi connectivity index (χ0) is 16.9. The van der Waals surface area contributed by atoms with Gasteiger partial charge < -0.3 is 9.84 Å². The van der Waals surface area contributed by atoms with Crippen molar-refractivity contribution < 1.29 is 9.84 Å².